The van der Waals surface area contributed by atoms with E-state index in [1.165, 1.54) is 36.7 Å². The van der Waals surface area contributed by atoms with Crippen LogP contribution in [0.2, 0.25) is 0 Å². The molecule has 0 spiro atoms. The van der Waals surface area contributed by atoms with Gasteiger partial charge in [0.15, 0.2) is 0 Å². The van der Waals surface area contributed by atoms with Crippen LogP contribution in [0.25, 0.3) is 0 Å². The van der Waals surface area contributed by atoms with Crippen molar-refractivity contribution in [1.82, 2.24) is 9.21 Å². The minimum atomic E-state index is -3.78. The second kappa shape index (κ2) is 8.84. The molecule has 2 aromatic carbocycles. The van der Waals surface area contributed by atoms with E-state index in [1.54, 1.807) is 24.1 Å². The van der Waals surface area contributed by atoms with Gasteiger partial charge in [-0.2, -0.15) is 4.31 Å². The quantitative estimate of drug-likeness (QED) is 0.691. The summed E-state index contributed by atoms with van der Waals surface area (Å²) in [6.07, 6.45) is 1.91. The number of carbonyl (C=O) groups is 1. The van der Waals surface area contributed by atoms with Crippen molar-refractivity contribution in [1.29, 1.82) is 0 Å². The maximum atomic E-state index is 13.1. The number of nitrogens with zero attached hydrogens (tertiary/aromatic N) is 2. The molecule has 3 rings (SSSR count). The first-order valence-electron chi connectivity index (χ1n) is 9.43. The molecule has 0 atom stereocenters. The van der Waals surface area contributed by atoms with E-state index in [9.17, 15) is 13.2 Å². The second-order valence-electron chi connectivity index (χ2n) is 6.97. The highest BCUT2D eigenvalue weighted by atomic mass is 32.2. The van der Waals surface area contributed by atoms with Gasteiger partial charge in [-0.3, -0.25) is 4.79 Å². The maximum absolute atomic E-state index is 13.1. The molecular weight excluding hydrogens is 392 g/mol. The van der Waals surface area contributed by atoms with Crippen molar-refractivity contribution in [3.8, 4) is 11.5 Å². The third kappa shape index (κ3) is 4.54. The number of rotatable bonds is 7. The summed E-state index contributed by atoms with van der Waals surface area (Å²) in [4.78, 5) is 14.7. The Morgan fingerprint density at radius 1 is 1.03 bits per heavy atom. The molecule has 1 amide bonds. The number of methoxy groups -OCH3 is 2. The molecule has 29 heavy (non-hydrogen) atoms. The van der Waals surface area contributed by atoms with Crippen LogP contribution in [0.5, 0.6) is 11.5 Å². The van der Waals surface area contributed by atoms with Gasteiger partial charge in [0.1, 0.15) is 11.5 Å². The molecule has 8 heteroatoms. The Hall–Kier alpha value is -2.58. The van der Waals surface area contributed by atoms with Crippen molar-refractivity contribution in [3.63, 3.8) is 0 Å². The Morgan fingerprint density at radius 2 is 1.69 bits per heavy atom. The third-order valence-electron chi connectivity index (χ3n) is 5.07. The summed E-state index contributed by atoms with van der Waals surface area (Å²) < 4.78 is 37.9. The molecule has 0 aromatic heterocycles. The zero-order chi connectivity index (χ0) is 21.0. The van der Waals surface area contributed by atoms with Gasteiger partial charge in [-0.15, -0.1) is 0 Å². The largest absolute Gasteiger partial charge is 0.497 e. The van der Waals surface area contributed by atoms with E-state index in [2.05, 4.69) is 0 Å². The molecule has 1 aliphatic rings. The molecule has 7 nitrogen and oxygen atoms in total. The second-order valence-corrected chi connectivity index (χ2v) is 9.02. The van der Waals surface area contributed by atoms with Gasteiger partial charge in [0.2, 0.25) is 10.0 Å². The lowest BCUT2D eigenvalue weighted by Crippen LogP contribution is -2.29. The maximum Gasteiger partial charge on any atom is 0.257 e. The summed E-state index contributed by atoms with van der Waals surface area (Å²) in [7, 11) is 0.790. The normalized spacial score (nSPS) is 14.3. The van der Waals surface area contributed by atoms with Crippen molar-refractivity contribution in [2.24, 2.45) is 0 Å². The molecule has 0 saturated carbocycles. The van der Waals surface area contributed by atoms with Crippen molar-refractivity contribution in [2.45, 2.75) is 24.3 Å². The van der Waals surface area contributed by atoms with Crippen LogP contribution in [-0.4, -0.2) is 57.9 Å². The molecule has 1 aliphatic heterocycles. The SMILES string of the molecule is COc1ccc(CN(C)S(=O)(=O)c2ccc(OC)c(C(=O)N3CCCC3)c2)cc1. The van der Waals surface area contributed by atoms with Crippen LogP contribution < -0.4 is 9.47 Å². The van der Waals surface area contributed by atoms with Crippen LogP contribution in [-0.2, 0) is 16.6 Å². The number of ether oxygens (including phenoxy) is 2. The van der Waals surface area contributed by atoms with Crippen LogP contribution in [0.15, 0.2) is 47.4 Å². The summed E-state index contributed by atoms with van der Waals surface area (Å²) in [5.74, 6) is 0.882. The van der Waals surface area contributed by atoms with Crippen molar-refractivity contribution in [3.05, 3.63) is 53.6 Å². The minimum absolute atomic E-state index is 0.0665. The number of hydrogen-bond acceptors (Lipinski definition) is 5. The Balaban J connectivity index is 1.86. The van der Waals surface area contributed by atoms with E-state index in [-0.39, 0.29) is 22.9 Å². The van der Waals surface area contributed by atoms with E-state index in [4.69, 9.17) is 9.47 Å². The van der Waals surface area contributed by atoms with Crippen LogP contribution in [0.1, 0.15) is 28.8 Å². The van der Waals surface area contributed by atoms with Crippen molar-refractivity contribution in [2.75, 3.05) is 34.4 Å². The monoisotopic (exact) mass is 418 g/mol. The lowest BCUT2D eigenvalue weighted by atomic mass is 10.1. The highest BCUT2D eigenvalue weighted by Crippen LogP contribution is 2.27. The molecule has 1 heterocycles. The molecule has 0 unspecified atom stereocenters. The molecule has 2 aromatic rings. The lowest BCUT2D eigenvalue weighted by Gasteiger charge is -2.20. The van der Waals surface area contributed by atoms with Crippen molar-refractivity contribution < 1.29 is 22.7 Å². The molecule has 0 aliphatic carbocycles. The molecule has 0 radical (unpaired) electrons. The number of sulfonamides is 1. The first-order chi connectivity index (χ1) is 13.9. The van der Waals surface area contributed by atoms with Crippen molar-refractivity contribution >= 4 is 15.9 Å². The van der Waals surface area contributed by atoms with Gasteiger partial charge in [-0.1, -0.05) is 12.1 Å². The molecule has 156 valence electrons. The molecule has 1 saturated heterocycles. The Kier molecular flexibility index (Phi) is 6.44. The molecule has 1 fully saturated rings. The summed E-state index contributed by atoms with van der Waals surface area (Å²) >= 11 is 0. The predicted molar refractivity (Wildman–Crippen MR) is 110 cm³/mol. The van der Waals surface area contributed by atoms with Gasteiger partial charge in [-0.05, 0) is 48.7 Å². The number of carbonyl (C=O) groups excluding carboxylic acids is 1. The fraction of sp³-hybridized carbons (Fsp3) is 0.381. The summed E-state index contributed by atoms with van der Waals surface area (Å²) in [6.45, 7) is 1.56. The average molecular weight is 419 g/mol. The Morgan fingerprint density at radius 3 is 2.28 bits per heavy atom. The summed E-state index contributed by atoms with van der Waals surface area (Å²) in [5, 5.41) is 0. The zero-order valence-corrected chi connectivity index (χ0v) is 17.7. The van der Waals surface area contributed by atoms with Gasteiger partial charge in [0, 0.05) is 26.7 Å². The van der Waals surface area contributed by atoms with Crippen LogP contribution in [0.3, 0.4) is 0 Å². The first kappa shape index (κ1) is 21.1. The van der Waals surface area contributed by atoms with E-state index < -0.39 is 10.0 Å². The van der Waals surface area contributed by atoms with Gasteiger partial charge in [0.25, 0.3) is 5.91 Å². The summed E-state index contributed by atoms with van der Waals surface area (Å²) in [5.41, 5.74) is 1.10. The highest BCUT2D eigenvalue weighted by molar-refractivity contribution is 7.89. The van der Waals surface area contributed by atoms with E-state index in [0.29, 0.717) is 24.6 Å². The number of hydrogen-bond donors (Lipinski definition) is 0. The number of benzene rings is 2. The van der Waals surface area contributed by atoms with Gasteiger partial charge in [0.05, 0.1) is 24.7 Å². The average Bonchev–Trinajstić information content (AvgIpc) is 3.28. The fourth-order valence-corrected chi connectivity index (χ4v) is 4.54. The Bertz CT molecular complexity index is 967. The number of amides is 1. The topological polar surface area (TPSA) is 76.1 Å². The van der Waals surface area contributed by atoms with E-state index >= 15 is 0 Å². The summed E-state index contributed by atoms with van der Waals surface area (Å²) in [6, 6.07) is 11.6. The minimum Gasteiger partial charge on any atom is -0.497 e. The van der Waals surface area contributed by atoms with E-state index in [0.717, 1.165) is 18.4 Å². The molecular formula is C21H26N2O5S. The van der Waals surface area contributed by atoms with Crippen LogP contribution >= 0.6 is 0 Å². The standard InChI is InChI=1S/C21H26N2O5S/c1-22(15-16-6-8-17(27-2)9-7-16)29(25,26)18-10-11-20(28-3)19(14-18)21(24)23-12-4-5-13-23/h6-11,14H,4-5,12-13,15H2,1-3H3. The van der Waals surface area contributed by atoms with Crippen LogP contribution in [0.4, 0.5) is 0 Å². The predicted octanol–water partition coefficient (Wildman–Crippen LogP) is 2.76. The third-order valence-corrected chi connectivity index (χ3v) is 6.87. The van der Waals surface area contributed by atoms with Gasteiger partial charge in [-0.25, -0.2) is 8.42 Å². The van der Waals surface area contributed by atoms with E-state index in [1.807, 2.05) is 12.1 Å². The molecule has 0 bridgehead atoms. The lowest BCUT2D eigenvalue weighted by molar-refractivity contribution is 0.0789. The van der Waals surface area contributed by atoms with Crippen LogP contribution in [0, 0.1) is 0 Å². The smallest absolute Gasteiger partial charge is 0.257 e. The Labute approximate surface area is 171 Å². The highest BCUT2D eigenvalue weighted by Gasteiger charge is 2.27. The fourth-order valence-electron chi connectivity index (χ4n) is 3.36. The zero-order valence-electron chi connectivity index (χ0n) is 16.9. The van der Waals surface area contributed by atoms with Gasteiger partial charge < -0.3 is 14.4 Å². The van der Waals surface area contributed by atoms with Gasteiger partial charge >= 0.3 is 0 Å². The first-order valence-corrected chi connectivity index (χ1v) is 10.9. The molecule has 0 N–H and O–H groups in total. The number of likely N-dealkylation sites (tertiary alicyclic amines) is 1.